The van der Waals surface area contributed by atoms with E-state index in [4.69, 9.17) is 21.3 Å². The Labute approximate surface area is 211 Å². The van der Waals surface area contributed by atoms with Gasteiger partial charge in [-0.3, -0.25) is 0 Å². The number of halogens is 1. The fourth-order valence-corrected chi connectivity index (χ4v) is 6.14. The molecule has 1 aromatic heterocycles. The van der Waals surface area contributed by atoms with Crippen LogP contribution in [0.25, 0.3) is 11.0 Å². The highest BCUT2D eigenvalue weighted by Crippen LogP contribution is 2.40. The van der Waals surface area contributed by atoms with E-state index in [1.54, 1.807) is 4.90 Å². The first-order chi connectivity index (χ1) is 17.0. The van der Waals surface area contributed by atoms with Gasteiger partial charge in [0.25, 0.3) is 0 Å². The molecule has 1 N–H and O–H groups in total. The van der Waals surface area contributed by atoms with Gasteiger partial charge in [-0.1, -0.05) is 35.9 Å². The number of imidazole rings is 1. The van der Waals surface area contributed by atoms with Crippen LogP contribution in [0.1, 0.15) is 67.1 Å². The second-order valence-electron chi connectivity index (χ2n) is 10.1. The van der Waals surface area contributed by atoms with Gasteiger partial charge in [-0.15, -0.1) is 0 Å². The number of rotatable bonds is 5. The Morgan fingerprint density at radius 3 is 2.69 bits per heavy atom. The number of ether oxygens (including phenoxy) is 1. The van der Waals surface area contributed by atoms with Crippen molar-refractivity contribution in [2.45, 2.75) is 64.0 Å². The zero-order valence-corrected chi connectivity index (χ0v) is 21.3. The summed E-state index contributed by atoms with van der Waals surface area (Å²) in [4.78, 5) is 19.3. The number of aliphatic hydroxyl groups is 1. The highest BCUT2D eigenvalue weighted by Gasteiger charge is 2.31. The Morgan fingerprint density at radius 1 is 1.20 bits per heavy atom. The number of carbonyl (C=O) groups is 1. The molecule has 1 fully saturated rings. The monoisotopic (exact) mass is 495 g/mol. The molecule has 2 heterocycles. The number of benzene rings is 2. The maximum Gasteiger partial charge on any atom is 0.409 e. The maximum absolute atomic E-state index is 12.3. The van der Waals surface area contributed by atoms with E-state index in [-0.39, 0.29) is 18.7 Å². The van der Waals surface area contributed by atoms with E-state index in [0.29, 0.717) is 24.9 Å². The standard InChI is InChI=1S/C28H34ClN3O3/c1-18(15-22-5-3-4-6-24(22)29)32-25-12-11-20-13-14-31(28(34)35-2)16-23(20)26(25)30-27(32)21-9-7-19(17-33)8-10-21/h3-6,11-12,18-19,21,33H,7-10,13-17H2,1-2H3/t18-,19?,21?/m1/s1. The normalized spacial score (nSPS) is 21.1. The van der Waals surface area contributed by atoms with Crippen molar-refractivity contribution in [2.75, 3.05) is 20.3 Å². The first-order valence-electron chi connectivity index (χ1n) is 12.7. The van der Waals surface area contributed by atoms with Crippen molar-refractivity contribution in [3.05, 3.63) is 63.9 Å². The summed E-state index contributed by atoms with van der Waals surface area (Å²) < 4.78 is 7.42. The molecule has 1 aliphatic heterocycles. The highest BCUT2D eigenvalue weighted by atomic mass is 35.5. The van der Waals surface area contributed by atoms with Crippen molar-refractivity contribution in [1.29, 1.82) is 0 Å². The van der Waals surface area contributed by atoms with E-state index in [1.165, 1.54) is 12.7 Å². The molecule has 1 amide bonds. The van der Waals surface area contributed by atoms with Gasteiger partial charge in [-0.05, 0) is 74.6 Å². The van der Waals surface area contributed by atoms with Gasteiger partial charge in [0, 0.05) is 35.7 Å². The van der Waals surface area contributed by atoms with Gasteiger partial charge in [0.15, 0.2) is 0 Å². The Balaban J connectivity index is 1.58. The van der Waals surface area contributed by atoms with Crippen LogP contribution in [-0.2, 0) is 24.1 Å². The molecular formula is C28H34ClN3O3. The topological polar surface area (TPSA) is 67.6 Å². The molecule has 0 spiro atoms. The van der Waals surface area contributed by atoms with Crippen LogP contribution in [-0.4, -0.2) is 45.9 Å². The van der Waals surface area contributed by atoms with Crippen LogP contribution in [0.15, 0.2) is 36.4 Å². The van der Waals surface area contributed by atoms with Crippen LogP contribution >= 0.6 is 11.6 Å². The summed E-state index contributed by atoms with van der Waals surface area (Å²) in [6.07, 6.45) is 5.44. The molecule has 3 aromatic rings. The van der Waals surface area contributed by atoms with Crippen molar-refractivity contribution in [1.82, 2.24) is 14.5 Å². The number of aromatic nitrogens is 2. The quantitative estimate of drug-likeness (QED) is 0.479. The zero-order chi connectivity index (χ0) is 24.5. The predicted molar refractivity (Wildman–Crippen MR) is 138 cm³/mol. The third-order valence-corrected chi connectivity index (χ3v) is 8.28. The highest BCUT2D eigenvalue weighted by molar-refractivity contribution is 6.31. The Bertz CT molecular complexity index is 1220. The average molecular weight is 496 g/mol. The van der Waals surface area contributed by atoms with Crippen LogP contribution in [0.4, 0.5) is 4.79 Å². The van der Waals surface area contributed by atoms with Crippen LogP contribution in [0, 0.1) is 5.92 Å². The van der Waals surface area contributed by atoms with Crippen molar-refractivity contribution in [3.8, 4) is 0 Å². The van der Waals surface area contributed by atoms with Gasteiger partial charge in [-0.25, -0.2) is 9.78 Å². The molecule has 2 aliphatic rings. The van der Waals surface area contributed by atoms with Gasteiger partial charge in [0.05, 0.1) is 24.7 Å². The number of carbonyl (C=O) groups excluding carboxylic acids is 1. The predicted octanol–water partition coefficient (Wildman–Crippen LogP) is 5.88. The lowest BCUT2D eigenvalue weighted by molar-refractivity contribution is 0.119. The number of hydrogen-bond acceptors (Lipinski definition) is 4. The van der Waals surface area contributed by atoms with Gasteiger partial charge < -0.3 is 19.3 Å². The molecule has 186 valence electrons. The van der Waals surface area contributed by atoms with Crippen molar-refractivity contribution in [2.24, 2.45) is 5.92 Å². The number of hydrogen-bond donors (Lipinski definition) is 1. The molecule has 1 aliphatic carbocycles. The number of amides is 1. The molecule has 2 aromatic carbocycles. The SMILES string of the molecule is COC(=O)N1CCc2ccc3c(nc(C4CCC(CO)CC4)n3[C@H](C)Cc3ccccc3Cl)c2C1. The molecule has 0 radical (unpaired) electrons. The number of aliphatic hydroxyl groups excluding tert-OH is 1. The molecule has 1 atom stereocenters. The molecule has 0 unspecified atom stereocenters. The second kappa shape index (κ2) is 10.2. The third kappa shape index (κ3) is 4.66. The fraction of sp³-hybridized carbons (Fsp3) is 0.500. The minimum atomic E-state index is -0.290. The summed E-state index contributed by atoms with van der Waals surface area (Å²) in [5.74, 6) is 1.88. The number of fused-ring (bicyclic) bond motifs is 3. The van der Waals surface area contributed by atoms with E-state index < -0.39 is 0 Å². The van der Waals surface area contributed by atoms with Crippen LogP contribution in [0.2, 0.25) is 5.02 Å². The molecule has 7 heteroatoms. The smallest absolute Gasteiger partial charge is 0.409 e. The summed E-state index contributed by atoms with van der Waals surface area (Å²) in [5, 5.41) is 10.4. The van der Waals surface area contributed by atoms with Crippen molar-refractivity contribution < 1.29 is 14.6 Å². The van der Waals surface area contributed by atoms with Crippen molar-refractivity contribution >= 4 is 28.7 Å². The van der Waals surface area contributed by atoms with Gasteiger partial charge in [0.1, 0.15) is 5.82 Å². The number of nitrogens with zero attached hydrogens (tertiary/aromatic N) is 3. The summed E-state index contributed by atoms with van der Waals surface area (Å²) in [6.45, 7) is 3.69. The third-order valence-electron chi connectivity index (χ3n) is 7.91. The molecule has 0 saturated heterocycles. The van der Waals surface area contributed by atoms with Crippen LogP contribution < -0.4 is 0 Å². The first kappa shape index (κ1) is 24.1. The van der Waals surface area contributed by atoms with Crippen molar-refractivity contribution in [3.63, 3.8) is 0 Å². The largest absolute Gasteiger partial charge is 0.453 e. The summed E-state index contributed by atoms with van der Waals surface area (Å²) in [6, 6.07) is 12.6. The van der Waals surface area contributed by atoms with Crippen LogP contribution in [0.5, 0.6) is 0 Å². The summed E-state index contributed by atoms with van der Waals surface area (Å²) in [7, 11) is 1.43. The lowest BCUT2D eigenvalue weighted by Crippen LogP contribution is -2.35. The second-order valence-corrected chi connectivity index (χ2v) is 10.5. The van der Waals surface area contributed by atoms with Gasteiger partial charge >= 0.3 is 6.09 Å². The Morgan fingerprint density at radius 2 is 1.97 bits per heavy atom. The van der Waals surface area contributed by atoms with E-state index in [2.05, 4.69) is 29.7 Å². The van der Waals surface area contributed by atoms with Gasteiger partial charge in [0.2, 0.25) is 0 Å². The first-order valence-corrected chi connectivity index (χ1v) is 13.1. The number of methoxy groups -OCH3 is 1. The molecule has 35 heavy (non-hydrogen) atoms. The molecule has 5 rings (SSSR count). The summed E-state index contributed by atoms with van der Waals surface area (Å²) in [5.41, 5.74) is 5.65. The fourth-order valence-electron chi connectivity index (χ4n) is 5.93. The summed E-state index contributed by atoms with van der Waals surface area (Å²) >= 11 is 6.52. The average Bonchev–Trinajstić information content (AvgIpc) is 3.29. The van der Waals surface area contributed by atoms with E-state index in [9.17, 15) is 9.90 Å². The lowest BCUT2D eigenvalue weighted by atomic mass is 9.82. The maximum atomic E-state index is 12.3. The molecule has 6 nitrogen and oxygen atoms in total. The Kier molecular flexibility index (Phi) is 7.03. The minimum absolute atomic E-state index is 0.170. The Hall–Kier alpha value is -2.57. The minimum Gasteiger partial charge on any atom is -0.453 e. The van der Waals surface area contributed by atoms with E-state index in [0.717, 1.165) is 71.5 Å². The van der Waals surface area contributed by atoms with E-state index in [1.807, 2.05) is 18.2 Å². The molecular weight excluding hydrogens is 462 g/mol. The molecule has 1 saturated carbocycles. The van der Waals surface area contributed by atoms with E-state index >= 15 is 0 Å². The molecule has 0 bridgehead atoms. The van der Waals surface area contributed by atoms with Gasteiger partial charge in [-0.2, -0.15) is 0 Å². The zero-order valence-electron chi connectivity index (χ0n) is 20.5. The lowest BCUT2D eigenvalue weighted by Gasteiger charge is -2.29. The van der Waals surface area contributed by atoms with Crippen LogP contribution in [0.3, 0.4) is 0 Å².